The van der Waals surface area contributed by atoms with Gasteiger partial charge in [0.05, 0.1) is 12.7 Å². The monoisotopic (exact) mass is 308 g/mol. The topological polar surface area (TPSA) is 52.5 Å². The molecule has 1 aliphatic heterocycles. The van der Waals surface area contributed by atoms with Crippen molar-refractivity contribution in [1.82, 2.24) is 4.57 Å². The number of cyclic esters (lactones) is 1. The molecule has 0 spiro atoms. The second-order valence-corrected chi connectivity index (χ2v) is 5.50. The summed E-state index contributed by atoms with van der Waals surface area (Å²) < 4.78 is 12.6. The number of aromatic nitrogens is 1. The van der Waals surface area contributed by atoms with Crippen molar-refractivity contribution >= 4 is 22.6 Å². The molecule has 0 saturated heterocycles. The van der Waals surface area contributed by atoms with Gasteiger partial charge in [0.25, 0.3) is 0 Å². The fourth-order valence-electron chi connectivity index (χ4n) is 3.12. The molecule has 0 bridgehead atoms. The maximum absolute atomic E-state index is 12.3. The lowest BCUT2D eigenvalue weighted by atomic mass is 10.1. The Morgan fingerprint density at radius 3 is 2.83 bits per heavy atom. The van der Waals surface area contributed by atoms with E-state index in [0.717, 1.165) is 27.9 Å². The van der Waals surface area contributed by atoms with Crippen LogP contribution in [0, 0.1) is 0 Å². The molecule has 0 unspecified atom stereocenters. The lowest BCUT2D eigenvalue weighted by Gasteiger charge is -2.15. The number of hydrogen-bond donors (Lipinski definition) is 1. The van der Waals surface area contributed by atoms with Crippen LogP contribution in [0.3, 0.4) is 0 Å². The van der Waals surface area contributed by atoms with Crippen molar-refractivity contribution in [2.45, 2.75) is 6.23 Å². The zero-order valence-corrected chi connectivity index (χ0v) is 12.9. The number of rotatable bonds is 3. The first-order valence-corrected chi connectivity index (χ1v) is 7.38. The van der Waals surface area contributed by atoms with Crippen LogP contribution in [0.4, 0.5) is 5.69 Å². The van der Waals surface area contributed by atoms with Crippen molar-refractivity contribution in [3.63, 3.8) is 0 Å². The van der Waals surface area contributed by atoms with Crippen LogP contribution in [-0.4, -0.2) is 17.6 Å². The molecule has 0 saturated carbocycles. The minimum Gasteiger partial charge on any atom is -0.497 e. The molecular weight excluding hydrogens is 292 g/mol. The van der Waals surface area contributed by atoms with E-state index >= 15 is 0 Å². The molecule has 2 heterocycles. The van der Waals surface area contributed by atoms with E-state index < -0.39 is 6.23 Å². The van der Waals surface area contributed by atoms with Crippen LogP contribution in [0.2, 0.25) is 0 Å². The summed E-state index contributed by atoms with van der Waals surface area (Å²) in [6, 6.07) is 15.5. The first kappa shape index (κ1) is 13.7. The van der Waals surface area contributed by atoms with Crippen molar-refractivity contribution in [3.8, 4) is 5.75 Å². The van der Waals surface area contributed by atoms with Crippen molar-refractivity contribution in [2.24, 2.45) is 7.05 Å². The molecule has 116 valence electrons. The SMILES string of the molecule is COc1cccc(N[C@H]2OC(=O)c3c2c2ccccc2n3C)c1. The number of nitrogens with zero attached hydrogens (tertiary/aromatic N) is 1. The highest BCUT2D eigenvalue weighted by Crippen LogP contribution is 2.38. The number of benzene rings is 2. The highest BCUT2D eigenvalue weighted by molar-refractivity contribution is 6.02. The minimum absolute atomic E-state index is 0.306. The van der Waals surface area contributed by atoms with Crippen molar-refractivity contribution in [1.29, 1.82) is 0 Å². The zero-order valence-electron chi connectivity index (χ0n) is 12.9. The lowest BCUT2D eigenvalue weighted by Crippen LogP contribution is -2.11. The first-order chi connectivity index (χ1) is 11.2. The number of aryl methyl sites for hydroxylation is 1. The molecule has 1 N–H and O–H groups in total. The molecule has 0 radical (unpaired) electrons. The quantitative estimate of drug-likeness (QED) is 0.753. The van der Waals surface area contributed by atoms with E-state index in [1.54, 1.807) is 7.11 Å². The smallest absolute Gasteiger partial charge is 0.357 e. The van der Waals surface area contributed by atoms with Crippen LogP contribution < -0.4 is 10.1 Å². The van der Waals surface area contributed by atoms with Crippen LogP contribution >= 0.6 is 0 Å². The highest BCUT2D eigenvalue weighted by Gasteiger charge is 2.36. The van der Waals surface area contributed by atoms with Gasteiger partial charge >= 0.3 is 5.97 Å². The highest BCUT2D eigenvalue weighted by atomic mass is 16.6. The molecule has 1 aromatic heterocycles. The van der Waals surface area contributed by atoms with Gasteiger partial charge in [-0.05, 0) is 18.2 Å². The van der Waals surface area contributed by atoms with Crippen LogP contribution in [0.25, 0.3) is 10.9 Å². The third-order valence-electron chi connectivity index (χ3n) is 4.19. The molecule has 0 aliphatic carbocycles. The van der Waals surface area contributed by atoms with Gasteiger partial charge in [-0.3, -0.25) is 0 Å². The van der Waals surface area contributed by atoms with Crippen LogP contribution in [0.5, 0.6) is 5.75 Å². The van der Waals surface area contributed by atoms with Crippen molar-refractivity contribution in [2.75, 3.05) is 12.4 Å². The average Bonchev–Trinajstić information content (AvgIpc) is 3.05. The number of anilines is 1. The maximum atomic E-state index is 12.3. The molecule has 0 fully saturated rings. The number of hydrogen-bond acceptors (Lipinski definition) is 4. The number of nitrogens with one attached hydrogen (secondary N) is 1. The molecule has 2 aromatic carbocycles. The largest absolute Gasteiger partial charge is 0.497 e. The number of esters is 1. The third-order valence-corrected chi connectivity index (χ3v) is 4.19. The number of fused-ring (bicyclic) bond motifs is 3. The average molecular weight is 308 g/mol. The van der Waals surface area contributed by atoms with Crippen LogP contribution in [0.15, 0.2) is 48.5 Å². The van der Waals surface area contributed by atoms with Gasteiger partial charge in [0.1, 0.15) is 11.4 Å². The molecule has 1 atom stereocenters. The Morgan fingerprint density at radius 1 is 1.17 bits per heavy atom. The summed E-state index contributed by atoms with van der Waals surface area (Å²) in [7, 11) is 3.51. The fraction of sp³-hybridized carbons (Fsp3) is 0.167. The second kappa shape index (κ2) is 5.05. The van der Waals surface area contributed by atoms with Crippen molar-refractivity contribution < 1.29 is 14.3 Å². The summed E-state index contributed by atoms with van der Waals surface area (Å²) in [6.45, 7) is 0. The number of methoxy groups -OCH3 is 1. The summed E-state index contributed by atoms with van der Waals surface area (Å²) in [6.07, 6.45) is -0.504. The summed E-state index contributed by atoms with van der Waals surface area (Å²) in [4.78, 5) is 12.3. The van der Waals surface area contributed by atoms with E-state index in [-0.39, 0.29) is 5.97 Å². The van der Waals surface area contributed by atoms with Gasteiger partial charge in [0.15, 0.2) is 0 Å². The van der Waals surface area contributed by atoms with Gasteiger partial charge in [0, 0.05) is 29.7 Å². The molecule has 23 heavy (non-hydrogen) atoms. The Bertz CT molecular complexity index is 914. The van der Waals surface area contributed by atoms with Gasteiger partial charge in [0.2, 0.25) is 6.23 Å². The predicted molar refractivity (Wildman–Crippen MR) is 87.7 cm³/mol. The summed E-state index contributed by atoms with van der Waals surface area (Å²) >= 11 is 0. The van der Waals surface area contributed by atoms with E-state index in [1.807, 2.05) is 60.1 Å². The third kappa shape index (κ3) is 2.04. The molecular formula is C18H16N2O3. The standard InChI is InChI=1S/C18H16N2O3/c1-20-14-9-4-3-8-13(14)15-16(20)18(21)23-17(15)19-11-6-5-7-12(10-11)22-2/h3-10,17,19H,1-2H3/t17-/m0/s1. The van der Waals surface area contributed by atoms with Crippen LogP contribution in [0.1, 0.15) is 22.3 Å². The van der Waals surface area contributed by atoms with Gasteiger partial charge < -0.3 is 19.4 Å². The van der Waals surface area contributed by atoms with E-state index in [9.17, 15) is 4.79 Å². The molecule has 5 heteroatoms. The normalized spacial score (nSPS) is 16.3. The van der Waals surface area contributed by atoms with Gasteiger partial charge in [-0.2, -0.15) is 0 Å². The lowest BCUT2D eigenvalue weighted by molar-refractivity contribution is 0.0431. The number of para-hydroxylation sites is 1. The summed E-state index contributed by atoms with van der Waals surface area (Å²) in [5, 5.41) is 4.30. The minimum atomic E-state index is -0.504. The van der Waals surface area contributed by atoms with Gasteiger partial charge in [-0.25, -0.2) is 4.79 Å². The second-order valence-electron chi connectivity index (χ2n) is 5.50. The van der Waals surface area contributed by atoms with Crippen molar-refractivity contribution in [3.05, 3.63) is 59.8 Å². The van der Waals surface area contributed by atoms with Gasteiger partial charge in [-0.15, -0.1) is 0 Å². The van der Waals surface area contributed by atoms with E-state index in [2.05, 4.69) is 5.32 Å². The Morgan fingerprint density at radius 2 is 2.00 bits per heavy atom. The predicted octanol–water partition coefficient (Wildman–Crippen LogP) is 3.47. The Labute approximate surface area is 133 Å². The molecule has 3 aromatic rings. The molecule has 0 amide bonds. The summed E-state index contributed by atoms with van der Waals surface area (Å²) in [5.41, 5.74) is 3.34. The number of carbonyl (C=O) groups excluding carboxylic acids is 1. The van der Waals surface area contributed by atoms with E-state index in [1.165, 1.54) is 0 Å². The maximum Gasteiger partial charge on any atom is 0.357 e. The summed E-state index contributed by atoms with van der Waals surface area (Å²) in [5.74, 6) is 0.441. The Kier molecular flexibility index (Phi) is 3.01. The van der Waals surface area contributed by atoms with E-state index in [4.69, 9.17) is 9.47 Å². The molecule has 4 rings (SSSR count). The van der Waals surface area contributed by atoms with Crippen LogP contribution in [-0.2, 0) is 11.8 Å². The van der Waals surface area contributed by atoms with E-state index in [0.29, 0.717) is 5.69 Å². The Hall–Kier alpha value is -2.95. The molecule has 5 nitrogen and oxygen atoms in total. The zero-order chi connectivity index (χ0) is 16.0. The molecule has 1 aliphatic rings. The number of carbonyl (C=O) groups is 1. The Balaban J connectivity index is 1.79. The van der Waals surface area contributed by atoms with Gasteiger partial charge in [-0.1, -0.05) is 24.3 Å². The first-order valence-electron chi connectivity index (χ1n) is 7.38. The number of ether oxygens (including phenoxy) is 2. The fourth-order valence-corrected chi connectivity index (χ4v) is 3.12.